The van der Waals surface area contributed by atoms with Gasteiger partial charge in [0.15, 0.2) is 0 Å². The van der Waals surface area contributed by atoms with Crippen LogP contribution in [0.3, 0.4) is 0 Å². The summed E-state index contributed by atoms with van der Waals surface area (Å²) in [4.78, 5) is -0.173. The molecule has 0 aliphatic heterocycles. The molecule has 0 bridgehead atoms. The van der Waals surface area contributed by atoms with E-state index < -0.39 is 10.0 Å². The number of nitrogens with two attached hydrogens (primary N) is 1. The molecule has 0 saturated carbocycles. The third kappa shape index (κ3) is 4.96. The van der Waals surface area contributed by atoms with E-state index in [1.807, 2.05) is 43.3 Å². The van der Waals surface area contributed by atoms with Gasteiger partial charge in [-0.25, -0.2) is 13.6 Å². The third-order valence-electron chi connectivity index (χ3n) is 4.50. The molecule has 0 aliphatic carbocycles. The van der Waals surface area contributed by atoms with E-state index >= 15 is 0 Å². The van der Waals surface area contributed by atoms with Crippen molar-refractivity contribution in [3.8, 4) is 22.9 Å². The third-order valence-corrected chi connectivity index (χ3v) is 5.94. The first-order valence-corrected chi connectivity index (χ1v) is 10.8. The molecule has 0 aromatic heterocycles. The topological polar surface area (TPSA) is 93.2 Å². The Morgan fingerprint density at radius 2 is 1.79 bits per heavy atom. The molecule has 7 heteroatoms. The molecule has 2 N–H and O–H groups in total. The van der Waals surface area contributed by atoms with Crippen LogP contribution in [0.5, 0.6) is 5.75 Å². The lowest BCUT2D eigenvalue weighted by molar-refractivity contribution is 0.321. The van der Waals surface area contributed by atoms with Gasteiger partial charge in [-0.2, -0.15) is 5.26 Å². The number of sulfonamides is 1. The summed E-state index contributed by atoms with van der Waals surface area (Å²) in [7, 11) is -4.03. The summed E-state index contributed by atoms with van der Waals surface area (Å²) < 4.78 is 29.9. The van der Waals surface area contributed by atoms with Crippen LogP contribution < -0.4 is 9.88 Å². The van der Waals surface area contributed by atoms with Crippen LogP contribution in [0.15, 0.2) is 65.6 Å². The standard InChI is InChI=1S/C22H19ClN2O3S/c1-15-4-2-3-5-19(15)18-12-20(22(23)21(13-18)29(25,26)27)28-11-10-16-6-8-17(14-24)9-7-16/h2-9,12-13H,10-11H2,1H3,(H2,25,26,27). The van der Waals surface area contributed by atoms with Crippen molar-refractivity contribution in [2.24, 2.45) is 5.14 Å². The number of hydrogen-bond donors (Lipinski definition) is 1. The van der Waals surface area contributed by atoms with E-state index in [9.17, 15) is 8.42 Å². The average Bonchev–Trinajstić information content (AvgIpc) is 2.69. The molecule has 148 valence electrons. The molecule has 0 fully saturated rings. The second-order valence-electron chi connectivity index (χ2n) is 6.55. The van der Waals surface area contributed by atoms with E-state index in [0.29, 0.717) is 17.5 Å². The maximum atomic E-state index is 12.0. The minimum Gasteiger partial charge on any atom is -0.492 e. The van der Waals surface area contributed by atoms with Crippen LogP contribution in [0.25, 0.3) is 11.1 Å². The minimum absolute atomic E-state index is 0.0373. The van der Waals surface area contributed by atoms with E-state index in [2.05, 4.69) is 6.07 Å². The van der Waals surface area contributed by atoms with Gasteiger partial charge in [-0.3, -0.25) is 0 Å². The van der Waals surface area contributed by atoms with Gasteiger partial charge in [0.05, 0.1) is 18.2 Å². The Kier molecular flexibility index (Phi) is 6.23. The number of primary sulfonamides is 1. The lowest BCUT2D eigenvalue weighted by atomic mass is 10.0. The van der Waals surface area contributed by atoms with E-state index in [1.165, 1.54) is 6.07 Å². The first-order valence-electron chi connectivity index (χ1n) is 8.84. The van der Waals surface area contributed by atoms with Crippen molar-refractivity contribution in [3.05, 3.63) is 82.4 Å². The zero-order valence-electron chi connectivity index (χ0n) is 15.7. The lowest BCUT2D eigenvalue weighted by Crippen LogP contribution is -2.14. The second-order valence-corrected chi connectivity index (χ2v) is 8.46. The number of halogens is 1. The molecular weight excluding hydrogens is 408 g/mol. The highest BCUT2D eigenvalue weighted by Crippen LogP contribution is 2.37. The zero-order chi connectivity index (χ0) is 21.0. The Labute approximate surface area is 175 Å². The van der Waals surface area contributed by atoms with Crippen molar-refractivity contribution in [1.29, 1.82) is 5.26 Å². The first-order chi connectivity index (χ1) is 13.8. The Morgan fingerprint density at radius 1 is 1.10 bits per heavy atom. The van der Waals surface area contributed by atoms with Crippen LogP contribution in [0, 0.1) is 18.3 Å². The molecule has 3 aromatic rings. The molecule has 0 atom stereocenters. The Balaban J connectivity index is 1.91. The highest BCUT2D eigenvalue weighted by molar-refractivity contribution is 7.89. The molecule has 0 heterocycles. The van der Waals surface area contributed by atoms with E-state index in [-0.39, 0.29) is 22.3 Å². The van der Waals surface area contributed by atoms with Gasteiger partial charge in [0.1, 0.15) is 15.7 Å². The first kappa shape index (κ1) is 20.9. The number of benzene rings is 3. The molecule has 5 nitrogen and oxygen atoms in total. The van der Waals surface area contributed by atoms with Gasteiger partial charge < -0.3 is 4.74 Å². The van der Waals surface area contributed by atoms with Gasteiger partial charge in [0.2, 0.25) is 10.0 Å². The Bertz CT molecular complexity index is 1180. The van der Waals surface area contributed by atoms with E-state index in [4.69, 9.17) is 26.7 Å². The van der Waals surface area contributed by atoms with Crippen molar-refractivity contribution < 1.29 is 13.2 Å². The van der Waals surface area contributed by atoms with Gasteiger partial charge in [-0.1, -0.05) is 48.0 Å². The predicted octanol–water partition coefficient (Wildman–Crippen LogP) is 4.46. The maximum absolute atomic E-state index is 12.0. The number of ether oxygens (including phenoxy) is 1. The summed E-state index contributed by atoms with van der Waals surface area (Å²) in [5, 5.41) is 14.2. The summed E-state index contributed by atoms with van der Waals surface area (Å²) in [6.07, 6.45) is 0.571. The average molecular weight is 427 g/mol. The lowest BCUT2D eigenvalue weighted by Gasteiger charge is -2.14. The smallest absolute Gasteiger partial charge is 0.239 e. The quantitative estimate of drug-likeness (QED) is 0.629. The largest absolute Gasteiger partial charge is 0.492 e. The minimum atomic E-state index is -4.03. The van der Waals surface area contributed by atoms with Crippen LogP contribution in [0.1, 0.15) is 16.7 Å². The van der Waals surface area contributed by atoms with Gasteiger partial charge in [-0.15, -0.1) is 0 Å². The fourth-order valence-electron chi connectivity index (χ4n) is 2.96. The Morgan fingerprint density at radius 3 is 2.41 bits per heavy atom. The number of rotatable bonds is 6. The molecule has 0 amide bonds. The van der Waals surface area contributed by atoms with Gasteiger partial charge >= 0.3 is 0 Å². The summed E-state index contributed by atoms with van der Waals surface area (Å²) in [5.74, 6) is 0.255. The molecule has 0 saturated heterocycles. The summed E-state index contributed by atoms with van der Waals surface area (Å²) in [6.45, 7) is 2.22. The Hall–Kier alpha value is -2.85. The van der Waals surface area contributed by atoms with E-state index in [0.717, 1.165) is 16.7 Å². The zero-order valence-corrected chi connectivity index (χ0v) is 17.3. The fourth-order valence-corrected chi connectivity index (χ4v) is 4.09. The molecule has 3 rings (SSSR count). The van der Waals surface area contributed by atoms with Crippen LogP contribution >= 0.6 is 11.6 Å². The van der Waals surface area contributed by atoms with Gasteiger partial charge in [-0.05, 0) is 53.4 Å². The van der Waals surface area contributed by atoms with Crippen LogP contribution in [-0.4, -0.2) is 15.0 Å². The molecular formula is C22H19ClN2O3S. The van der Waals surface area contributed by atoms with Crippen molar-refractivity contribution in [1.82, 2.24) is 0 Å². The molecule has 0 radical (unpaired) electrons. The summed E-state index contributed by atoms with van der Waals surface area (Å²) in [6, 6.07) is 20.0. The van der Waals surface area contributed by atoms with Crippen molar-refractivity contribution in [2.75, 3.05) is 6.61 Å². The summed E-state index contributed by atoms with van der Waals surface area (Å²) >= 11 is 6.29. The normalized spacial score (nSPS) is 11.1. The molecule has 29 heavy (non-hydrogen) atoms. The number of nitrogens with zero attached hydrogens (tertiary/aromatic N) is 1. The second kappa shape index (κ2) is 8.66. The molecule has 0 unspecified atom stereocenters. The molecule has 0 spiro atoms. The SMILES string of the molecule is Cc1ccccc1-c1cc(OCCc2ccc(C#N)cc2)c(Cl)c(S(N)(=O)=O)c1. The fraction of sp³-hybridized carbons (Fsp3) is 0.136. The van der Waals surface area contributed by atoms with Gasteiger partial charge in [0.25, 0.3) is 0 Å². The van der Waals surface area contributed by atoms with E-state index in [1.54, 1.807) is 18.2 Å². The molecule has 0 aliphatic rings. The highest BCUT2D eigenvalue weighted by Gasteiger charge is 2.20. The van der Waals surface area contributed by atoms with Crippen molar-refractivity contribution in [2.45, 2.75) is 18.2 Å². The monoisotopic (exact) mass is 426 g/mol. The van der Waals surface area contributed by atoms with Crippen molar-refractivity contribution >= 4 is 21.6 Å². The van der Waals surface area contributed by atoms with Crippen LogP contribution in [-0.2, 0) is 16.4 Å². The van der Waals surface area contributed by atoms with Crippen LogP contribution in [0.4, 0.5) is 0 Å². The highest BCUT2D eigenvalue weighted by atomic mass is 35.5. The molecule has 3 aromatic carbocycles. The van der Waals surface area contributed by atoms with Crippen LogP contribution in [0.2, 0.25) is 5.02 Å². The van der Waals surface area contributed by atoms with Crippen molar-refractivity contribution in [3.63, 3.8) is 0 Å². The maximum Gasteiger partial charge on any atom is 0.239 e. The van der Waals surface area contributed by atoms with Gasteiger partial charge in [0, 0.05) is 6.42 Å². The number of hydrogen-bond acceptors (Lipinski definition) is 4. The number of aryl methyl sites for hydroxylation is 1. The predicted molar refractivity (Wildman–Crippen MR) is 113 cm³/mol. The summed E-state index contributed by atoms with van der Waals surface area (Å²) in [5.41, 5.74) is 4.08. The number of nitriles is 1.